The highest BCUT2D eigenvalue weighted by Gasteiger charge is 2.46. The summed E-state index contributed by atoms with van der Waals surface area (Å²) in [5.41, 5.74) is 0. The molecule has 0 bridgehead atoms. The summed E-state index contributed by atoms with van der Waals surface area (Å²) in [5.74, 6) is 1.31. The molecule has 0 saturated heterocycles. The van der Waals surface area contributed by atoms with Gasteiger partial charge in [-0.15, -0.1) is 0 Å². The van der Waals surface area contributed by atoms with Gasteiger partial charge in [0.1, 0.15) is 6.04 Å². The van der Waals surface area contributed by atoms with E-state index in [9.17, 15) is 14.7 Å². The summed E-state index contributed by atoms with van der Waals surface area (Å²) in [5, 5.41) is 15.3. The van der Waals surface area contributed by atoms with Crippen LogP contribution in [0.5, 0.6) is 0 Å². The number of rotatable bonds is 5. The van der Waals surface area contributed by atoms with Crippen molar-refractivity contribution in [2.24, 2.45) is 17.8 Å². The van der Waals surface area contributed by atoms with Gasteiger partial charge in [-0.05, 0) is 50.9 Å². The lowest BCUT2D eigenvalue weighted by molar-refractivity contribution is -0.132. The lowest BCUT2D eigenvalue weighted by Gasteiger charge is -2.23. The SMILES string of the molecule is CC(O)C(NC(=O)C1CC1)C(=O)NC1CC2CC2C1. The largest absolute Gasteiger partial charge is 0.391 e. The average molecular weight is 266 g/mol. The van der Waals surface area contributed by atoms with Crippen molar-refractivity contribution < 1.29 is 14.7 Å². The fourth-order valence-corrected chi connectivity index (χ4v) is 3.15. The minimum absolute atomic E-state index is 0.0492. The molecule has 3 N–H and O–H groups in total. The fourth-order valence-electron chi connectivity index (χ4n) is 3.15. The van der Waals surface area contributed by atoms with Crippen LogP contribution < -0.4 is 10.6 Å². The fraction of sp³-hybridized carbons (Fsp3) is 0.857. The molecule has 106 valence electrons. The summed E-state index contributed by atoms with van der Waals surface area (Å²) < 4.78 is 0. The van der Waals surface area contributed by atoms with Crippen LogP contribution in [-0.2, 0) is 9.59 Å². The lowest BCUT2D eigenvalue weighted by atomic mass is 10.1. The minimum Gasteiger partial charge on any atom is -0.391 e. The van der Waals surface area contributed by atoms with Crippen LogP contribution in [-0.4, -0.2) is 35.1 Å². The Morgan fingerprint density at radius 1 is 1.16 bits per heavy atom. The third kappa shape index (κ3) is 2.91. The summed E-state index contributed by atoms with van der Waals surface area (Å²) in [6, 6.07) is -0.583. The lowest BCUT2D eigenvalue weighted by Crippen LogP contribution is -2.54. The zero-order valence-corrected chi connectivity index (χ0v) is 11.3. The molecule has 3 fully saturated rings. The molecule has 0 aromatic carbocycles. The Morgan fingerprint density at radius 2 is 1.79 bits per heavy atom. The van der Waals surface area contributed by atoms with Gasteiger partial charge in [-0.25, -0.2) is 0 Å². The first-order valence-corrected chi connectivity index (χ1v) is 7.33. The Morgan fingerprint density at radius 3 is 2.32 bits per heavy atom. The zero-order chi connectivity index (χ0) is 13.6. The highest BCUT2D eigenvalue weighted by molar-refractivity contribution is 5.89. The molecule has 0 radical (unpaired) electrons. The van der Waals surface area contributed by atoms with Crippen LogP contribution in [0.4, 0.5) is 0 Å². The molecule has 5 heteroatoms. The first kappa shape index (κ1) is 12.9. The number of aliphatic hydroxyl groups excluding tert-OH is 1. The predicted octanol–water partition coefficient (Wildman–Crippen LogP) is 0.177. The second kappa shape index (κ2) is 4.78. The van der Waals surface area contributed by atoms with E-state index in [2.05, 4.69) is 10.6 Å². The third-order valence-electron chi connectivity index (χ3n) is 4.60. The van der Waals surface area contributed by atoms with Crippen molar-refractivity contribution in [3.05, 3.63) is 0 Å². The first-order chi connectivity index (χ1) is 9.04. The second-order valence-electron chi connectivity index (χ2n) is 6.43. The van der Waals surface area contributed by atoms with E-state index in [0.29, 0.717) is 0 Å². The molecule has 0 aromatic rings. The summed E-state index contributed by atoms with van der Waals surface area (Å²) >= 11 is 0. The first-order valence-electron chi connectivity index (χ1n) is 7.33. The topological polar surface area (TPSA) is 78.4 Å². The molecule has 3 aliphatic carbocycles. The maximum atomic E-state index is 12.2. The van der Waals surface area contributed by atoms with Crippen LogP contribution in [0.25, 0.3) is 0 Å². The number of amides is 2. The number of fused-ring (bicyclic) bond motifs is 1. The third-order valence-corrected chi connectivity index (χ3v) is 4.60. The van der Waals surface area contributed by atoms with E-state index in [1.807, 2.05) is 0 Å². The second-order valence-corrected chi connectivity index (χ2v) is 6.43. The molecule has 4 unspecified atom stereocenters. The van der Waals surface area contributed by atoms with Crippen LogP contribution in [0.2, 0.25) is 0 Å². The van der Waals surface area contributed by atoms with E-state index in [0.717, 1.165) is 37.5 Å². The van der Waals surface area contributed by atoms with Gasteiger partial charge in [-0.1, -0.05) is 0 Å². The molecule has 4 atom stereocenters. The Labute approximate surface area is 113 Å². The van der Waals surface area contributed by atoms with Crippen molar-refractivity contribution >= 4 is 11.8 Å². The molecule has 0 heterocycles. The van der Waals surface area contributed by atoms with Gasteiger partial charge in [0.15, 0.2) is 0 Å². The van der Waals surface area contributed by atoms with E-state index >= 15 is 0 Å². The molecular formula is C14H22N2O3. The molecule has 19 heavy (non-hydrogen) atoms. The van der Waals surface area contributed by atoms with Gasteiger partial charge < -0.3 is 15.7 Å². The zero-order valence-electron chi connectivity index (χ0n) is 11.3. The molecule has 0 aromatic heterocycles. The van der Waals surface area contributed by atoms with Crippen LogP contribution in [0.15, 0.2) is 0 Å². The van der Waals surface area contributed by atoms with Gasteiger partial charge in [-0.2, -0.15) is 0 Å². The number of aliphatic hydroxyl groups is 1. The maximum absolute atomic E-state index is 12.2. The maximum Gasteiger partial charge on any atom is 0.245 e. The van der Waals surface area contributed by atoms with Crippen LogP contribution in [0.3, 0.4) is 0 Å². The Hall–Kier alpha value is -1.10. The molecular weight excluding hydrogens is 244 g/mol. The summed E-state index contributed by atoms with van der Waals surface area (Å²) in [6.07, 6.45) is 4.35. The van der Waals surface area contributed by atoms with Gasteiger partial charge in [0.05, 0.1) is 6.10 Å². The number of hydrogen-bond donors (Lipinski definition) is 3. The Bertz CT molecular complexity index is 382. The van der Waals surface area contributed by atoms with Gasteiger partial charge in [0.2, 0.25) is 11.8 Å². The molecule has 3 saturated carbocycles. The highest BCUT2D eigenvalue weighted by Crippen LogP contribution is 2.51. The van der Waals surface area contributed by atoms with Crippen LogP contribution in [0, 0.1) is 17.8 Å². The smallest absolute Gasteiger partial charge is 0.245 e. The van der Waals surface area contributed by atoms with Crippen LogP contribution >= 0.6 is 0 Å². The summed E-state index contributed by atoms with van der Waals surface area (Å²) in [4.78, 5) is 23.9. The average Bonchev–Trinajstić information content (AvgIpc) is 3.25. The van der Waals surface area contributed by atoms with Crippen molar-refractivity contribution in [1.82, 2.24) is 10.6 Å². The minimum atomic E-state index is -0.862. The normalized spacial score (nSPS) is 35.2. The van der Waals surface area contributed by atoms with Gasteiger partial charge >= 0.3 is 0 Å². The number of carbonyl (C=O) groups excluding carboxylic acids is 2. The Kier molecular flexibility index (Phi) is 3.25. The van der Waals surface area contributed by atoms with E-state index in [1.165, 1.54) is 6.42 Å². The van der Waals surface area contributed by atoms with E-state index in [-0.39, 0.29) is 23.8 Å². The number of carbonyl (C=O) groups is 2. The highest BCUT2D eigenvalue weighted by atomic mass is 16.3. The molecule has 0 aliphatic heterocycles. The molecule has 5 nitrogen and oxygen atoms in total. The van der Waals surface area contributed by atoms with E-state index < -0.39 is 12.1 Å². The van der Waals surface area contributed by atoms with Crippen molar-refractivity contribution in [3.8, 4) is 0 Å². The summed E-state index contributed by atoms with van der Waals surface area (Å²) in [6.45, 7) is 1.55. The quantitative estimate of drug-likeness (QED) is 0.664. The Balaban J connectivity index is 1.52. The molecule has 0 spiro atoms. The van der Waals surface area contributed by atoms with Crippen molar-refractivity contribution in [3.63, 3.8) is 0 Å². The monoisotopic (exact) mass is 266 g/mol. The molecule has 3 rings (SSSR count). The van der Waals surface area contributed by atoms with Gasteiger partial charge in [-0.3, -0.25) is 9.59 Å². The standard InChI is InChI=1S/C14H22N2O3/c1-7(17)12(16-13(18)8-2-3-8)14(19)15-11-5-9-4-10(9)6-11/h7-12,17H,2-6H2,1H3,(H,15,19)(H,16,18). The van der Waals surface area contributed by atoms with Gasteiger partial charge in [0.25, 0.3) is 0 Å². The molecule has 3 aliphatic rings. The van der Waals surface area contributed by atoms with Gasteiger partial charge in [0, 0.05) is 12.0 Å². The summed E-state index contributed by atoms with van der Waals surface area (Å²) in [7, 11) is 0. The van der Waals surface area contributed by atoms with Crippen molar-refractivity contribution in [2.45, 2.75) is 57.2 Å². The van der Waals surface area contributed by atoms with Crippen molar-refractivity contribution in [1.29, 1.82) is 0 Å². The number of nitrogens with one attached hydrogen (secondary N) is 2. The van der Waals surface area contributed by atoms with Crippen molar-refractivity contribution in [2.75, 3.05) is 0 Å². The predicted molar refractivity (Wildman–Crippen MR) is 69.1 cm³/mol. The van der Waals surface area contributed by atoms with E-state index in [1.54, 1.807) is 6.92 Å². The van der Waals surface area contributed by atoms with E-state index in [4.69, 9.17) is 0 Å². The molecule has 2 amide bonds. The van der Waals surface area contributed by atoms with Crippen LogP contribution in [0.1, 0.15) is 39.0 Å². The number of hydrogen-bond acceptors (Lipinski definition) is 3.